The van der Waals surface area contributed by atoms with Crippen molar-refractivity contribution in [1.29, 1.82) is 0 Å². The molecule has 0 fully saturated rings. The number of aromatic nitrogens is 4. The van der Waals surface area contributed by atoms with Crippen LogP contribution in [0.2, 0.25) is 0 Å². The molecule has 0 saturated heterocycles. The normalized spacial score (nSPS) is 10.7. The van der Waals surface area contributed by atoms with Crippen LogP contribution < -0.4 is 5.73 Å². The van der Waals surface area contributed by atoms with Crippen molar-refractivity contribution in [3.05, 3.63) is 11.0 Å². The number of hydrogen-bond acceptors (Lipinski definition) is 5. The minimum absolute atomic E-state index is 0.139. The number of fused-ring (bicyclic) bond motifs is 1. The number of carboxylic acid groups (broad SMARTS) is 1. The molecule has 78 valence electrons. The van der Waals surface area contributed by atoms with Crippen molar-refractivity contribution >= 4 is 35.3 Å². The molecule has 4 N–H and O–H groups in total. The molecule has 15 heavy (non-hydrogen) atoms. The molecule has 0 spiro atoms. The second-order valence-corrected chi connectivity index (χ2v) is 3.28. The summed E-state index contributed by atoms with van der Waals surface area (Å²) in [6.45, 7) is -0.203. The molecule has 0 aromatic carbocycles. The van der Waals surface area contributed by atoms with E-state index in [1.54, 1.807) is 0 Å². The Kier molecular flexibility index (Phi) is 2.12. The van der Waals surface area contributed by atoms with Crippen LogP contribution in [0.5, 0.6) is 0 Å². The Labute approximate surface area is 88.6 Å². The summed E-state index contributed by atoms with van der Waals surface area (Å²) in [6.07, 6.45) is 1.38. The van der Waals surface area contributed by atoms with E-state index in [4.69, 9.17) is 23.1 Å². The van der Waals surface area contributed by atoms with Crippen LogP contribution in [0.4, 0.5) is 5.95 Å². The van der Waals surface area contributed by atoms with Gasteiger partial charge in [0, 0.05) is 0 Å². The van der Waals surface area contributed by atoms with Gasteiger partial charge in [-0.2, -0.15) is 0 Å². The highest BCUT2D eigenvalue weighted by atomic mass is 32.1. The molecule has 0 unspecified atom stereocenters. The number of anilines is 1. The quantitative estimate of drug-likeness (QED) is 0.628. The maximum atomic E-state index is 10.5. The number of nitrogen functional groups attached to an aromatic ring is 1. The van der Waals surface area contributed by atoms with Gasteiger partial charge in [-0.25, -0.2) is 9.97 Å². The Bertz CT molecular complexity index is 587. The third kappa shape index (κ3) is 1.66. The van der Waals surface area contributed by atoms with Gasteiger partial charge in [0.1, 0.15) is 17.7 Å². The zero-order chi connectivity index (χ0) is 11.0. The van der Waals surface area contributed by atoms with Gasteiger partial charge in [0.05, 0.1) is 6.33 Å². The largest absolute Gasteiger partial charge is 0.480 e. The van der Waals surface area contributed by atoms with Gasteiger partial charge >= 0.3 is 5.97 Å². The van der Waals surface area contributed by atoms with E-state index in [2.05, 4.69) is 15.0 Å². The van der Waals surface area contributed by atoms with Gasteiger partial charge in [0.2, 0.25) is 0 Å². The Hall–Kier alpha value is -1.96. The van der Waals surface area contributed by atoms with Crippen LogP contribution in [0.3, 0.4) is 0 Å². The van der Waals surface area contributed by atoms with Crippen molar-refractivity contribution in [2.24, 2.45) is 0 Å². The standard InChI is InChI=1S/C7H7N5O2S/c8-7-10-5-4(6(15)11-7)9-2-12(5)1-3(13)14/h2H,1H2,(H,13,14)(H3,8,10,11,15). The molecule has 2 aromatic heterocycles. The first-order valence-corrected chi connectivity index (χ1v) is 4.41. The maximum Gasteiger partial charge on any atom is 0.323 e. The molecule has 0 amide bonds. The van der Waals surface area contributed by atoms with Gasteiger partial charge in [-0.1, -0.05) is 12.2 Å². The topological polar surface area (TPSA) is 110 Å². The summed E-state index contributed by atoms with van der Waals surface area (Å²) in [5, 5.41) is 8.65. The Balaban J connectivity index is 2.68. The molecule has 2 rings (SSSR count). The summed E-state index contributed by atoms with van der Waals surface area (Å²) >= 11 is 4.93. The Morgan fingerprint density at radius 1 is 1.73 bits per heavy atom. The summed E-state index contributed by atoms with van der Waals surface area (Å²) in [5.74, 6) is -0.830. The summed E-state index contributed by atoms with van der Waals surface area (Å²) in [6, 6.07) is 0. The first-order chi connectivity index (χ1) is 7.08. The van der Waals surface area contributed by atoms with Crippen molar-refractivity contribution in [1.82, 2.24) is 19.5 Å². The van der Waals surface area contributed by atoms with Crippen LogP contribution >= 0.6 is 12.2 Å². The lowest BCUT2D eigenvalue weighted by Gasteiger charge is -2.00. The lowest BCUT2D eigenvalue weighted by atomic mass is 10.5. The lowest BCUT2D eigenvalue weighted by molar-refractivity contribution is -0.137. The van der Waals surface area contributed by atoms with Crippen LogP contribution in [0.1, 0.15) is 0 Å². The molecule has 2 heterocycles. The van der Waals surface area contributed by atoms with Gasteiger partial charge in [0.15, 0.2) is 10.6 Å². The van der Waals surface area contributed by atoms with Crippen molar-refractivity contribution < 1.29 is 9.90 Å². The highest BCUT2D eigenvalue weighted by Crippen LogP contribution is 2.11. The van der Waals surface area contributed by atoms with Gasteiger partial charge < -0.3 is 20.4 Å². The smallest absolute Gasteiger partial charge is 0.323 e. The van der Waals surface area contributed by atoms with Gasteiger partial charge in [-0.15, -0.1) is 0 Å². The highest BCUT2D eigenvalue weighted by molar-refractivity contribution is 7.71. The predicted molar refractivity (Wildman–Crippen MR) is 54.8 cm³/mol. The molecule has 0 radical (unpaired) electrons. The van der Waals surface area contributed by atoms with E-state index in [9.17, 15) is 4.79 Å². The van der Waals surface area contributed by atoms with Crippen LogP contribution in [-0.4, -0.2) is 30.6 Å². The van der Waals surface area contributed by atoms with E-state index in [1.165, 1.54) is 10.9 Å². The molecule has 8 heteroatoms. The highest BCUT2D eigenvalue weighted by Gasteiger charge is 2.08. The first kappa shape index (κ1) is 9.59. The van der Waals surface area contributed by atoms with Crippen LogP contribution in [0.15, 0.2) is 6.33 Å². The first-order valence-electron chi connectivity index (χ1n) is 4.00. The number of hydrogen-bond donors (Lipinski definition) is 3. The van der Waals surface area contributed by atoms with Gasteiger partial charge in [-0.3, -0.25) is 4.79 Å². The minimum Gasteiger partial charge on any atom is -0.480 e. The number of carboxylic acids is 1. The van der Waals surface area contributed by atoms with E-state index in [-0.39, 0.29) is 17.1 Å². The average Bonchev–Trinajstić information content (AvgIpc) is 2.48. The number of rotatable bonds is 2. The van der Waals surface area contributed by atoms with E-state index < -0.39 is 5.97 Å². The van der Waals surface area contributed by atoms with Crippen LogP contribution in [0, 0.1) is 4.64 Å². The van der Waals surface area contributed by atoms with E-state index in [0.717, 1.165) is 0 Å². The van der Waals surface area contributed by atoms with E-state index >= 15 is 0 Å². The predicted octanol–water partition coefficient (Wildman–Crippen LogP) is 0.156. The molecule has 0 aliphatic heterocycles. The number of aromatic amines is 1. The summed E-state index contributed by atoms with van der Waals surface area (Å²) < 4.78 is 1.66. The van der Waals surface area contributed by atoms with Crippen LogP contribution in [-0.2, 0) is 11.3 Å². The summed E-state index contributed by atoms with van der Waals surface area (Å²) in [5.41, 5.74) is 6.37. The number of nitrogens with two attached hydrogens (primary N) is 1. The molecule has 0 bridgehead atoms. The van der Waals surface area contributed by atoms with Crippen molar-refractivity contribution in [2.75, 3.05) is 5.73 Å². The molecule has 0 atom stereocenters. The third-order valence-corrected chi connectivity index (χ3v) is 2.10. The monoisotopic (exact) mass is 225 g/mol. The van der Waals surface area contributed by atoms with Crippen molar-refractivity contribution in [3.63, 3.8) is 0 Å². The van der Waals surface area contributed by atoms with Crippen molar-refractivity contribution in [2.45, 2.75) is 6.54 Å². The summed E-state index contributed by atoms with van der Waals surface area (Å²) in [4.78, 5) is 21.0. The number of H-pyrrole nitrogens is 1. The fourth-order valence-corrected chi connectivity index (χ4v) is 1.49. The zero-order valence-corrected chi connectivity index (χ0v) is 8.28. The molecular weight excluding hydrogens is 218 g/mol. The minimum atomic E-state index is -0.969. The molecule has 2 aromatic rings. The molecule has 0 saturated carbocycles. The third-order valence-electron chi connectivity index (χ3n) is 1.81. The maximum absolute atomic E-state index is 10.5. The summed E-state index contributed by atoms with van der Waals surface area (Å²) in [7, 11) is 0. The lowest BCUT2D eigenvalue weighted by Crippen LogP contribution is -2.08. The van der Waals surface area contributed by atoms with Crippen molar-refractivity contribution in [3.8, 4) is 0 Å². The Morgan fingerprint density at radius 3 is 3.13 bits per heavy atom. The molecule has 0 aliphatic rings. The van der Waals surface area contributed by atoms with E-state index in [0.29, 0.717) is 11.2 Å². The number of imidazole rings is 1. The molecule has 0 aliphatic carbocycles. The second kappa shape index (κ2) is 3.31. The SMILES string of the molecule is Nc1nc(=S)c2ncn(CC(=O)O)c2[nH]1. The molecule has 7 nitrogen and oxygen atoms in total. The molecular formula is C7H7N5O2S. The Morgan fingerprint density at radius 2 is 2.47 bits per heavy atom. The fourth-order valence-electron chi connectivity index (χ4n) is 1.25. The number of aliphatic carboxylic acids is 1. The van der Waals surface area contributed by atoms with E-state index in [1.807, 2.05) is 0 Å². The number of nitrogens with one attached hydrogen (secondary N) is 1. The van der Waals surface area contributed by atoms with Gasteiger partial charge in [0.25, 0.3) is 0 Å². The second-order valence-electron chi connectivity index (χ2n) is 2.89. The number of carbonyl (C=O) groups is 1. The van der Waals surface area contributed by atoms with Crippen LogP contribution in [0.25, 0.3) is 11.2 Å². The fraction of sp³-hybridized carbons (Fsp3) is 0.143. The zero-order valence-electron chi connectivity index (χ0n) is 7.47. The average molecular weight is 225 g/mol. The number of nitrogens with zero attached hydrogens (tertiary/aromatic N) is 3. The van der Waals surface area contributed by atoms with Gasteiger partial charge in [-0.05, 0) is 0 Å².